The van der Waals surface area contributed by atoms with Crippen LogP contribution in [-0.4, -0.2) is 13.7 Å². The third-order valence-electron chi connectivity index (χ3n) is 3.34. The van der Waals surface area contributed by atoms with Crippen LogP contribution in [0.3, 0.4) is 0 Å². The molecule has 0 atom stereocenters. The number of hydrogen-bond acceptors (Lipinski definition) is 2. The Morgan fingerprint density at radius 1 is 0.933 bits per heavy atom. The van der Waals surface area contributed by atoms with Gasteiger partial charge < -0.3 is 0 Å². The average Bonchev–Trinajstić information content (AvgIpc) is 2.14. The Hall–Kier alpha value is 0.240. The normalized spacial score (nSPS) is 31.1. The quantitative estimate of drug-likeness (QED) is 0.667. The molecule has 0 radical (unpaired) electrons. The van der Waals surface area contributed by atoms with Crippen LogP contribution >= 0.6 is 10.7 Å². The lowest BCUT2D eigenvalue weighted by Crippen LogP contribution is -2.17. The van der Waals surface area contributed by atoms with E-state index in [9.17, 15) is 8.42 Å². The van der Waals surface area contributed by atoms with Crippen molar-refractivity contribution in [3.05, 3.63) is 0 Å². The maximum Gasteiger partial charge on any atom is 0.235 e. The van der Waals surface area contributed by atoms with Crippen LogP contribution in [0.1, 0.15) is 58.3 Å². The van der Waals surface area contributed by atoms with Crippen molar-refractivity contribution < 1.29 is 8.42 Å². The smallest absolute Gasteiger partial charge is 0.212 e. The summed E-state index contributed by atoms with van der Waals surface area (Å²) in [7, 11) is 2.10. The second-order valence-corrected chi connectivity index (χ2v) is 7.68. The summed E-state index contributed by atoms with van der Waals surface area (Å²) in [5.41, 5.74) is 0. The first kappa shape index (κ1) is 13.3. The number of rotatable bonds is 1. The first-order valence-electron chi connectivity index (χ1n) is 5.93. The summed E-state index contributed by atoms with van der Waals surface area (Å²) in [6, 6.07) is 0. The van der Waals surface area contributed by atoms with Crippen LogP contribution in [0.2, 0.25) is 0 Å². The maximum atomic E-state index is 11.3. The molecule has 1 aliphatic carbocycles. The molecular weight excluding hydrogens is 232 g/mol. The minimum Gasteiger partial charge on any atom is -0.212 e. The van der Waals surface area contributed by atoms with Crippen molar-refractivity contribution in [1.82, 2.24) is 0 Å². The summed E-state index contributed by atoms with van der Waals surface area (Å²) >= 11 is 0. The second kappa shape index (κ2) is 6.09. The number of hydrogen-bond donors (Lipinski definition) is 0. The van der Waals surface area contributed by atoms with Gasteiger partial charge in [-0.2, -0.15) is 0 Å². The summed E-state index contributed by atoms with van der Waals surface area (Å²) in [5.74, 6) is 0.800. The van der Waals surface area contributed by atoms with Gasteiger partial charge in [0.15, 0.2) is 0 Å². The van der Waals surface area contributed by atoms with Crippen LogP contribution < -0.4 is 0 Å². The summed E-state index contributed by atoms with van der Waals surface area (Å²) in [6.45, 7) is 2.29. The predicted octanol–water partition coefficient (Wildman–Crippen LogP) is 3.69. The molecule has 1 aliphatic rings. The Morgan fingerprint density at radius 2 is 1.33 bits per heavy atom. The first-order chi connectivity index (χ1) is 7.00. The van der Waals surface area contributed by atoms with Gasteiger partial charge >= 0.3 is 0 Å². The molecule has 4 heteroatoms. The van der Waals surface area contributed by atoms with Crippen LogP contribution in [0.4, 0.5) is 0 Å². The fraction of sp³-hybridized carbons (Fsp3) is 1.00. The van der Waals surface area contributed by atoms with E-state index in [0.717, 1.165) is 44.4 Å². The lowest BCUT2D eigenvalue weighted by Gasteiger charge is -2.18. The fourth-order valence-electron chi connectivity index (χ4n) is 2.30. The SMILES string of the molecule is CC1CCCCC(S(=O)(=O)Cl)CCCC1. The monoisotopic (exact) mass is 252 g/mol. The lowest BCUT2D eigenvalue weighted by atomic mass is 9.94. The van der Waals surface area contributed by atoms with E-state index in [4.69, 9.17) is 10.7 Å². The van der Waals surface area contributed by atoms with Gasteiger partial charge in [-0.05, 0) is 18.8 Å². The van der Waals surface area contributed by atoms with Crippen molar-refractivity contribution in [2.75, 3.05) is 0 Å². The molecule has 0 aromatic rings. The Kier molecular flexibility index (Phi) is 5.41. The van der Waals surface area contributed by atoms with Crippen LogP contribution in [0.15, 0.2) is 0 Å². The van der Waals surface area contributed by atoms with Crippen LogP contribution in [-0.2, 0) is 9.05 Å². The summed E-state index contributed by atoms with van der Waals surface area (Å²) in [5, 5.41) is -0.299. The molecule has 0 amide bonds. The van der Waals surface area contributed by atoms with Crippen molar-refractivity contribution in [3.8, 4) is 0 Å². The van der Waals surface area contributed by atoms with E-state index >= 15 is 0 Å². The topological polar surface area (TPSA) is 34.1 Å². The molecule has 0 bridgehead atoms. The lowest BCUT2D eigenvalue weighted by molar-refractivity contribution is 0.413. The molecule has 0 aromatic heterocycles. The van der Waals surface area contributed by atoms with Crippen LogP contribution in [0.25, 0.3) is 0 Å². The van der Waals surface area contributed by atoms with E-state index < -0.39 is 9.05 Å². The molecule has 1 fully saturated rings. The Labute approximate surface area is 97.8 Å². The van der Waals surface area contributed by atoms with Gasteiger partial charge in [0.05, 0.1) is 5.25 Å². The molecular formula is C11H21ClO2S. The highest BCUT2D eigenvalue weighted by atomic mass is 35.7. The predicted molar refractivity (Wildman–Crippen MR) is 64.7 cm³/mol. The number of halogens is 1. The minimum absolute atomic E-state index is 0.299. The van der Waals surface area contributed by atoms with Crippen molar-refractivity contribution in [1.29, 1.82) is 0 Å². The molecule has 0 saturated heterocycles. The van der Waals surface area contributed by atoms with Gasteiger partial charge in [0, 0.05) is 10.7 Å². The Bertz CT molecular complexity index is 262. The van der Waals surface area contributed by atoms with E-state index in [2.05, 4.69) is 6.92 Å². The van der Waals surface area contributed by atoms with Crippen LogP contribution in [0.5, 0.6) is 0 Å². The molecule has 90 valence electrons. The summed E-state index contributed by atoms with van der Waals surface area (Å²) in [6.07, 6.45) is 8.25. The molecule has 0 spiro atoms. The fourth-order valence-corrected chi connectivity index (χ4v) is 3.73. The largest absolute Gasteiger partial charge is 0.235 e. The highest BCUT2D eigenvalue weighted by Crippen LogP contribution is 2.25. The highest BCUT2D eigenvalue weighted by Gasteiger charge is 2.22. The minimum atomic E-state index is -3.33. The van der Waals surface area contributed by atoms with E-state index in [0.29, 0.717) is 0 Å². The second-order valence-electron chi connectivity index (χ2n) is 4.77. The molecule has 1 saturated carbocycles. The van der Waals surface area contributed by atoms with Gasteiger partial charge in [-0.25, -0.2) is 8.42 Å². The van der Waals surface area contributed by atoms with Gasteiger partial charge in [-0.1, -0.05) is 45.4 Å². The van der Waals surface area contributed by atoms with Gasteiger partial charge in [0.1, 0.15) is 0 Å². The van der Waals surface area contributed by atoms with E-state index in [-0.39, 0.29) is 5.25 Å². The van der Waals surface area contributed by atoms with Crippen molar-refractivity contribution >= 4 is 19.7 Å². The maximum absolute atomic E-state index is 11.3. The summed E-state index contributed by atoms with van der Waals surface area (Å²) in [4.78, 5) is 0. The van der Waals surface area contributed by atoms with Gasteiger partial charge in [0.25, 0.3) is 0 Å². The molecule has 0 aliphatic heterocycles. The zero-order valence-corrected chi connectivity index (χ0v) is 11.0. The highest BCUT2D eigenvalue weighted by molar-refractivity contribution is 8.14. The molecule has 15 heavy (non-hydrogen) atoms. The molecule has 0 unspecified atom stereocenters. The molecule has 0 N–H and O–H groups in total. The van der Waals surface area contributed by atoms with E-state index in [1.165, 1.54) is 12.8 Å². The van der Waals surface area contributed by atoms with Gasteiger partial charge in [-0.15, -0.1) is 0 Å². The first-order valence-corrected chi connectivity index (χ1v) is 8.31. The van der Waals surface area contributed by atoms with E-state index in [1.54, 1.807) is 0 Å². The average molecular weight is 253 g/mol. The summed E-state index contributed by atoms with van der Waals surface area (Å²) < 4.78 is 22.6. The van der Waals surface area contributed by atoms with Crippen molar-refractivity contribution in [2.24, 2.45) is 5.92 Å². The molecule has 0 heterocycles. The Balaban J connectivity index is 2.48. The van der Waals surface area contributed by atoms with Gasteiger partial charge in [-0.3, -0.25) is 0 Å². The van der Waals surface area contributed by atoms with Crippen molar-refractivity contribution in [2.45, 2.75) is 63.5 Å². The third kappa shape index (κ3) is 5.21. The zero-order valence-electron chi connectivity index (χ0n) is 9.41. The zero-order chi connectivity index (χ0) is 11.3. The van der Waals surface area contributed by atoms with Gasteiger partial charge in [0.2, 0.25) is 9.05 Å². The van der Waals surface area contributed by atoms with E-state index in [1.807, 2.05) is 0 Å². The van der Waals surface area contributed by atoms with Crippen LogP contribution in [0, 0.1) is 5.92 Å². The third-order valence-corrected chi connectivity index (χ3v) is 5.37. The molecule has 1 rings (SSSR count). The molecule has 2 nitrogen and oxygen atoms in total. The standard InChI is InChI=1S/C11H21ClO2S/c1-10-6-2-4-8-11(15(12,13)14)9-5-3-7-10/h10-11H,2-9H2,1H3. The van der Waals surface area contributed by atoms with Crippen molar-refractivity contribution in [3.63, 3.8) is 0 Å². The Morgan fingerprint density at radius 3 is 1.73 bits per heavy atom. The molecule has 0 aromatic carbocycles.